The molecule has 5 heteroatoms. The number of nitrogens with one attached hydrogen (secondary N) is 1. The number of aliphatic hydroxyl groups is 1. The summed E-state index contributed by atoms with van der Waals surface area (Å²) < 4.78 is 5.38. The van der Waals surface area contributed by atoms with Crippen molar-refractivity contribution in [3.63, 3.8) is 0 Å². The molecule has 1 aliphatic rings. The Morgan fingerprint density at radius 3 is 2.74 bits per heavy atom. The van der Waals surface area contributed by atoms with Gasteiger partial charge in [0.1, 0.15) is 5.60 Å². The largest absolute Gasteiger partial charge is 0.444 e. The molecule has 1 saturated heterocycles. The Kier molecular flexibility index (Phi) is 6.02. The molecular formula is C18H28N2O3. The smallest absolute Gasteiger partial charge is 0.410 e. The molecule has 5 nitrogen and oxygen atoms in total. The second-order valence-electron chi connectivity index (χ2n) is 7.16. The Labute approximate surface area is 138 Å². The molecule has 23 heavy (non-hydrogen) atoms. The predicted octanol–water partition coefficient (Wildman–Crippen LogP) is 2.19. The van der Waals surface area contributed by atoms with E-state index in [0.29, 0.717) is 26.1 Å². The Morgan fingerprint density at radius 1 is 1.39 bits per heavy atom. The van der Waals surface area contributed by atoms with Gasteiger partial charge in [-0.3, -0.25) is 0 Å². The van der Waals surface area contributed by atoms with Crippen LogP contribution in [0.5, 0.6) is 0 Å². The van der Waals surface area contributed by atoms with Crippen molar-refractivity contribution in [2.75, 3.05) is 19.6 Å². The van der Waals surface area contributed by atoms with Gasteiger partial charge in [-0.2, -0.15) is 0 Å². The zero-order chi connectivity index (χ0) is 16.9. The van der Waals surface area contributed by atoms with Crippen molar-refractivity contribution in [1.82, 2.24) is 10.2 Å². The van der Waals surface area contributed by atoms with E-state index in [1.54, 1.807) is 4.90 Å². The maximum atomic E-state index is 12.0. The number of carbonyl (C=O) groups is 1. The van der Waals surface area contributed by atoms with Crippen molar-refractivity contribution >= 4 is 6.09 Å². The van der Waals surface area contributed by atoms with Crippen LogP contribution >= 0.6 is 0 Å². The predicted molar refractivity (Wildman–Crippen MR) is 90.4 cm³/mol. The van der Waals surface area contributed by atoms with E-state index in [9.17, 15) is 9.90 Å². The van der Waals surface area contributed by atoms with E-state index in [0.717, 1.165) is 12.0 Å². The van der Waals surface area contributed by atoms with Gasteiger partial charge in [0.25, 0.3) is 0 Å². The van der Waals surface area contributed by atoms with Crippen molar-refractivity contribution < 1.29 is 14.6 Å². The monoisotopic (exact) mass is 320 g/mol. The average Bonchev–Trinajstić information content (AvgIpc) is 2.93. The third-order valence-corrected chi connectivity index (χ3v) is 3.80. The molecule has 0 saturated carbocycles. The summed E-state index contributed by atoms with van der Waals surface area (Å²) in [5.74, 6) is 0. The van der Waals surface area contributed by atoms with E-state index in [-0.39, 0.29) is 12.1 Å². The number of amides is 1. The molecule has 0 aromatic heterocycles. The normalized spacial score (nSPS) is 19.7. The van der Waals surface area contributed by atoms with E-state index >= 15 is 0 Å². The van der Waals surface area contributed by atoms with Crippen molar-refractivity contribution in [1.29, 1.82) is 0 Å². The summed E-state index contributed by atoms with van der Waals surface area (Å²) in [7, 11) is 0. The molecule has 0 bridgehead atoms. The zero-order valence-electron chi connectivity index (χ0n) is 14.3. The van der Waals surface area contributed by atoms with Crippen LogP contribution in [0.4, 0.5) is 4.79 Å². The van der Waals surface area contributed by atoms with E-state index in [1.165, 1.54) is 0 Å². The van der Waals surface area contributed by atoms with E-state index < -0.39 is 11.7 Å². The number of hydrogen-bond acceptors (Lipinski definition) is 4. The highest BCUT2D eigenvalue weighted by Gasteiger charge is 2.29. The van der Waals surface area contributed by atoms with Gasteiger partial charge in [0.15, 0.2) is 0 Å². The fourth-order valence-corrected chi connectivity index (χ4v) is 2.68. The summed E-state index contributed by atoms with van der Waals surface area (Å²) >= 11 is 0. The number of rotatable bonds is 5. The van der Waals surface area contributed by atoms with Crippen molar-refractivity contribution in [3.8, 4) is 0 Å². The third kappa shape index (κ3) is 6.20. The van der Waals surface area contributed by atoms with Crippen LogP contribution in [-0.4, -0.2) is 53.5 Å². The average molecular weight is 320 g/mol. The minimum absolute atomic E-state index is 0.216. The van der Waals surface area contributed by atoms with Crippen LogP contribution in [0, 0.1) is 0 Å². The fourth-order valence-electron chi connectivity index (χ4n) is 2.68. The lowest BCUT2D eigenvalue weighted by atomic mass is 10.1. The van der Waals surface area contributed by atoms with E-state index in [2.05, 4.69) is 5.32 Å². The van der Waals surface area contributed by atoms with Gasteiger partial charge in [-0.15, -0.1) is 0 Å². The van der Waals surface area contributed by atoms with Crippen LogP contribution in [0.2, 0.25) is 0 Å². The topological polar surface area (TPSA) is 61.8 Å². The molecule has 1 heterocycles. The first-order valence-corrected chi connectivity index (χ1v) is 8.27. The number of nitrogens with zero attached hydrogens (tertiary/aromatic N) is 1. The third-order valence-electron chi connectivity index (χ3n) is 3.80. The van der Waals surface area contributed by atoms with Gasteiger partial charge in [-0.25, -0.2) is 4.79 Å². The highest BCUT2D eigenvalue weighted by molar-refractivity contribution is 5.68. The maximum absolute atomic E-state index is 12.0. The second kappa shape index (κ2) is 7.79. The number of likely N-dealkylation sites (tertiary alicyclic amines) is 1. The molecule has 1 aromatic carbocycles. The molecule has 0 spiro atoms. The summed E-state index contributed by atoms with van der Waals surface area (Å²) in [5.41, 5.74) is 0.665. The Balaban J connectivity index is 1.70. The summed E-state index contributed by atoms with van der Waals surface area (Å²) in [6, 6.07) is 10.2. The van der Waals surface area contributed by atoms with E-state index in [1.807, 2.05) is 51.1 Å². The lowest BCUT2D eigenvalue weighted by Crippen LogP contribution is -2.40. The Hall–Kier alpha value is -1.59. The van der Waals surface area contributed by atoms with Gasteiger partial charge in [-0.05, 0) is 39.2 Å². The number of benzene rings is 1. The second-order valence-corrected chi connectivity index (χ2v) is 7.16. The highest BCUT2D eigenvalue weighted by atomic mass is 16.6. The minimum Gasteiger partial charge on any atom is -0.444 e. The standard InChI is InChI=1S/C18H28N2O3/c1-18(2,3)23-17(22)20-10-9-15(13-20)19-12-16(21)11-14-7-5-4-6-8-14/h4-8,15-16,19,21H,9-13H2,1-3H3. The molecule has 2 N–H and O–H groups in total. The molecule has 2 rings (SSSR count). The Bertz CT molecular complexity index is 499. The Morgan fingerprint density at radius 2 is 2.09 bits per heavy atom. The number of ether oxygens (including phenoxy) is 1. The molecular weight excluding hydrogens is 292 g/mol. The van der Waals surface area contributed by atoms with Crippen LogP contribution in [0.3, 0.4) is 0 Å². The molecule has 1 fully saturated rings. The van der Waals surface area contributed by atoms with Crippen LogP contribution in [0.25, 0.3) is 0 Å². The molecule has 1 aliphatic heterocycles. The van der Waals surface area contributed by atoms with Gasteiger partial charge in [0.2, 0.25) is 0 Å². The zero-order valence-corrected chi connectivity index (χ0v) is 14.3. The maximum Gasteiger partial charge on any atom is 0.410 e. The molecule has 2 atom stereocenters. The fraction of sp³-hybridized carbons (Fsp3) is 0.611. The minimum atomic E-state index is -0.464. The van der Waals surface area contributed by atoms with Crippen molar-refractivity contribution in [2.24, 2.45) is 0 Å². The van der Waals surface area contributed by atoms with Crippen LogP contribution in [0.15, 0.2) is 30.3 Å². The molecule has 1 aromatic rings. The molecule has 128 valence electrons. The van der Waals surface area contributed by atoms with Crippen LogP contribution in [0.1, 0.15) is 32.8 Å². The molecule has 0 radical (unpaired) electrons. The van der Waals surface area contributed by atoms with Gasteiger partial charge in [0, 0.05) is 25.7 Å². The van der Waals surface area contributed by atoms with Gasteiger partial charge in [-0.1, -0.05) is 30.3 Å². The molecule has 0 aliphatic carbocycles. The van der Waals surface area contributed by atoms with E-state index in [4.69, 9.17) is 4.74 Å². The summed E-state index contributed by atoms with van der Waals surface area (Å²) in [6.45, 7) is 7.47. The highest BCUT2D eigenvalue weighted by Crippen LogP contribution is 2.15. The first-order valence-electron chi connectivity index (χ1n) is 8.27. The lowest BCUT2D eigenvalue weighted by molar-refractivity contribution is 0.0290. The van der Waals surface area contributed by atoms with Crippen molar-refractivity contribution in [2.45, 2.75) is 51.4 Å². The molecule has 1 amide bonds. The first kappa shape index (κ1) is 17.8. The summed E-state index contributed by atoms with van der Waals surface area (Å²) in [5, 5.41) is 13.5. The number of aliphatic hydroxyl groups excluding tert-OH is 1. The van der Waals surface area contributed by atoms with Crippen molar-refractivity contribution in [3.05, 3.63) is 35.9 Å². The molecule has 2 unspecified atom stereocenters. The number of hydrogen-bond donors (Lipinski definition) is 2. The van der Waals surface area contributed by atoms with Crippen LogP contribution < -0.4 is 5.32 Å². The van der Waals surface area contributed by atoms with Crippen LogP contribution in [-0.2, 0) is 11.2 Å². The van der Waals surface area contributed by atoms with Gasteiger partial charge in [0.05, 0.1) is 6.10 Å². The summed E-state index contributed by atoms with van der Waals surface area (Å²) in [6.07, 6.45) is 0.841. The quantitative estimate of drug-likeness (QED) is 0.873. The lowest BCUT2D eigenvalue weighted by Gasteiger charge is -2.24. The SMILES string of the molecule is CC(C)(C)OC(=O)N1CCC(NCC(O)Cc2ccccc2)C1. The van der Waals surface area contributed by atoms with Gasteiger partial charge < -0.3 is 20.1 Å². The van der Waals surface area contributed by atoms with Gasteiger partial charge >= 0.3 is 6.09 Å². The number of carbonyl (C=O) groups excluding carboxylic acids is 1. The summed E-state index contributed by atoms with van der Waals surface area (Å²) in [4.78, 5) is 13.7. The first-order chi connectivity index (χ1) is 10.8.